The Kier molecular flexibility index (Phi) is 4.20. The van der Waals surface area contributed by atoms with Crippen molar-refractivity contribution < 1.29 is 13.2 Å². The summed E-state index contributed by atoms with van der Waals surface area (Å²) in [7, 11) is -3.73. The van der Waals surface area contributed by atoms with Crippen LogP contribution in [-0.2, 0) is 16.3 Å². The molecule has 2 heterocycles. The first-order chi connectivity index (χ1) is 12.9. The molecule has 136 valence electrons. The molecule has 1 aromatic heterocycles. The molecule has 4 rings (SSSR count). The van der Waals surface area contributed by atoms with Gasteiger partial charge in [0.15, 0.2) is 5.78 Å². The van der Waals surface area contributed by atoms with Crippen molar-refractivity contribution >= 4 is 38.7 Å². The fourth-order valence-corrected chi connectivity index (χ4v) is 4.74. The first-order valence-corrected chi connectivity index (χ1v) is 9.98. The summed E-state index contributed by atoms with van der Waals surface area (Å²) in [5.74, 6) is 0.513. The summed E-state index contributed by atoms with van der Waals surface area (Å²) in [5.41, 5.74) is 1.82. The SMILES string of the molecule is CC(=O)c1cnn(C2=Nc3cc(Cl)c(S(=O)(=O)c4ccccc4)cc3C2)c1. The monoisotopic (exact) mass is 399 g/mol. The maximum absolute atomic E-state index is 12.9. The number of carbonyl (C=O) groups excluding carboxylic acids is 1. The molecule has 0 unspecified atom stereocenters. The summed E-state index contributed by atoms with van der Waals surface area (Å²) in [6, 6.07) is 11.3. The van der Waals surface area contributed by atoms with Crippen molar-refractivity contribution in [3.63, 3.8) is 0 Å². The summed E-state index contributed by atoms with van der Waals surface area (Å²) in [6.45, 7) is 1.47. The van der Waals surface area contributed by atoms with E-state index in [2.05, 4.69) is 10.1 Å². The zero-order valence-electron chi connectivity index (χ0n) is 14.3. The van der Waals surface area contributed by atoms with Crippen molar-refractivity contribution in [1.29, 1.82) is 0 Å². The maximum Gasteiger partial charge on any atom is 0.208 e. The summed E-state index contributed by atoms with van der Waals surface area (Å²) in [4.78, 5) is 16.2. The second-order valence-corrected chi connectivity index (χ2v) is 8.49. The summed E-state index contributed by atoms with van der Waals surface area (Å²) in [6.07, 6.45) is 3.48. The maximum atomic E-state index is 12.9. The summed E-state index contributed by atoms with van der Waals surface area (Å²) < 4.78 is 27.3. The van der Waals surface area contributed by atoms with E-state index in [1.165, 1.54) is 29.9 Å². The number of halogens is 1. The van der Waals surface area contributed by atoms with Crippen LogP contribution in [0.25, 0.3) is 0 Å². The molecule has 0 atom stereocenters. The number of carbonyl (C=O) groups is 1. The van der Waals surface area contributed by atoms with Crippen LogP contribution in [0.3, 0.4) is 0 Å². The van der Waals surface area contributed by atoms with Gasteiger partial charge in [0, 0.05) is 12.6 Å². The number of hydrogen-bond acceptors (Lipinski definition) is 5. The minimum absolute atomic E-state index is 0.0513. The van der Waals surface area contributed by atoms with Gasteiger partial charge in [-0.25, -0.2) is 18.1 Å². The van der Waals surface area contributed by atoms with Gasteiger partial charge in [-0.3, -0.25) is 4.79 Å². The van der Waals surface area contributed by atoms with E-state index < -0.39 is 9.84 Å². The molecule has 6 nitrogen and oxygen atoms in total. The highest BCUT2D eigenvalue weighted by Gasteiger charge is 2.26. The van der Waals surface area contributed by atoms with Crippen LogP contribution < -0.4 is 0 Å². The van der Waals surface area contributed by atoms with Gasteiger partial charge in [-0.15, -0.1) is 0 Å². The van der Waals surface area contributed by atoms with E-state index in [-0.39, 0.29) is 20.6 Å². The standard InChI is InChI=1S/C19H14ClN3O3S/c1-12(24)14-10-21-23(11-14)19-8-13-7-18(16(20)9-17(13)22-19)27(25,26)15-5-3-2-4-6-15/h2-7,9-11H,8H2,1H3. The quantitative estimate of drug-likeness (QED) is 0.629. The minimum atomic E-state index is -3.73. The lowest BCUT2D eigenvalue weighted by Gasteiger charge is -2.08. The van der Waals surface area contributed by atoms with Crippen LogP contribution in [-0.4, -0.2) is 29.8 Å². The van der Waals surface area contributed by atoms with E-state index in [9.17, 15) is 13.2 Å². The van der Waals surface area contributed by atoms with Crippen molar-refractivity contribution in [1.82, 2.24) is 9.78 Å². The molecule has 0 radical (unpaired) electrons. The van der Waals surface area contributed by atoms with Crippen LogP contribution in [0.2, 0.25) is 5.02 Å². The van der Waals surface area contributed by atoms with Crippen molar-refractivity contribution in [2.24, 2.45) is 4.99 Å². The molecule has 0 N–H and O–H groups in total. The number of ketones is 1. The molecule has 0 saturated heterocycles. The largest absolute Gasteiger partial charge is 0.294 e. The highest BCUT2D eigenvalue weighted by atomic mass is 35.5. The fourth-order valence-electron chi connectivity index (χ4n) is 2.89. The number of hydrogen-bond donors (Lipinski definition) is 0. The van der Waals surface area contributed by atoms with Gasteiger partial charge in [-0.05, 0) is 36.8 Å². The van der Waals surface area contributed by atoms with Gasteiger partial charge in [0.2, 0.25) is 9.84 Å². The molecule has 0 saturated carbocycles. The predicted molar refractivity (Wildman–Crippen MR) is 102 cm³/mol. The average molecular weight is 400 g/mol. The van der Waals surface area contributed by atoms with Crippen LogP contribution in [0.1, 0.15) is 22.8 Å². The minimum Gasteiger partial charge on any atom is -0.294 e. The molecule has 0 aliphatic carbocycles. The van der Waals surface area contributed by atoms with Crippen LogP contribution in [0, 0.1) is 0 Å². The third-order valence-electron chi connectivity index (χ3n) is 4.33. The van der Waals surface area contributed by atoms with Crippen molar-refractivity contribution in [2.75, 3.05) is 0 Å². The lowest BCUT2D eigenvalue weighted by molar-refractivity contribution is 0.101. The fraction of sp³-hybridized carbons (Fsp3) is 0.105. The van der Waals surface area contributed by atoms with E-state index in [0.717, 1.165) is 5.56 Å². The third kappa shape index (κ3) is 3.09. The van der Waals surface area contributed by atoms with Gasteiger partial charge >= 0.3 is 0 Å². The van der Waals surface area contributed by atoms with Crippen molar-refractivity contribution in [3.8, 4) is 0 Å². The molecule has 1 aliphatic heterocycles. The van der Waals surface area contributed by atoms with Crippen LogP contribution in [0.5, 0.6) is 0 Å². The Balaban J connectivity index is 1.72. The first-order valence-electron chi connectivity index (χ1n) is 8.12. The lowest BCUT2D eigenvalue weighted by Crippen LogP contribution is -2.12. The second kappa shape index (κ2) is 6.44. The van der Waals surface area contributed by atoms with Gasteiger partial charge < -0.3 is 0 Å². The highest BCUT2D eigenvalue weighted by Crippen LogP contribution is 2.36. The first kappa shape index (κ1) is 17.6. The molecule has 0 bridgehead atoms. The van der Waals surface area contributed by atoms with E-state index in [1.807, 2.05) is 0 Å². The number of rotatable bonds is 3. The van der Waals surface area contributed by atoms with E-state index in [4.69, 9.17) is 11.6 Å². The Hall–Kier alpha value is -2.77. The molecule has 0 amide bonds. The van der Waals surface area contributed by atoms with Gasteiger partial charge in [0.05, 0.1) is 32.3 Å². The van der Waals surface area contributed by atoms with E-state index >= 15 is 0 Å². The summed E-state index contributed by atoms with van der Waals surface area (Å²) >= 11 is 6.27. The number of nitrogens with zero attached hydrogens (tertiary/aromatic N) is 3. The highest BCUT2D eigenvalue weighted by molar-refractivity contribution is 7.91. The zero-order valence-corrected chi connectivity index (χ0v) is 15.8. The van der Waals surface area contributed by atoms with Crippen LogP contribution >= 0.6 is 11.6 Å². The molecule has 8 heteroatoms. The molecule has 2 aromatic carbocycles. The number of sulfone groups is 1. The number of fused-ring (bicyclic) bond motifs is 1. The zero-order chi connectivity index (χ0) is 19.2. The molecule has 0 spiro atoms. The average Bonchev–Trinajstić information content (AvgIpc) is 3.28. The van der Waals surface area contributed by atoms with Gasteiger partial charge in [-0.1, -0.05) is 29.8 Å². The van der Waals surface area contributed by atoms with Gasteiger partial charge in [-0.2, -0.15) is 5.10 Å². The Bertz CT molecular complexity index is 1200. The molecule has 27 heavy (non-hydrogen) atoms. The number of aromatic nitrogens is 2. The second-order valence-electron chi connectivity index (χ2n) is 6.16. The van der Waals surface area contributed by atoms with Gasteiger partial charge in [0.25, 0.3) is 0 Å². The van der Waals surface area contributed by atoms with Gasteiger partial charge in [0.1, 0.15) is 5.84 Å². The van der Waals surface area contributed by atoms with Crippen LogP contribution in [0.15, 0.2) is 69.6 Å². The van der Waals surface area contributed by atoms with E-state index in [1.54, 1.807) is 36.5 Å². The Morgan fingerprint density at radius 2 is 1.93 bits per heavy atom. The topological polar surface area (TPSA) is 81.4 Å². The van der Waals surface area contributed by atoms with Crippen molar-refractivity contribution in [3.05, 3.63) is 71.0 Å². The molecular weight excluding hydrogens is 386 g/mol. The molecular formula is C19H14ClN3O3S. The Morgan fingerprint density at radius 1 is 1.19 bits per heavy atom. The lowest BCUT2D eigenvalue weighted by atomic mass is 10.1. The summed E-state index contributed by atoms with van der Waals surface area (Å²) in [5, 5.41) is 4.28. The Labute approximate surface area is 161 Å². The normalized spacial score (nSPS) is 13.3. The smallest absolute Gasteiger partial charge is 0.208 e. The van der Waals surface area contributed by atoms with E-state index in [0.29, 0.717) is 23.5 Å². The predicted octanol–water partition coefficient (Wildman–Crippen LogP) is 3.71. The third-order valence-corrected chi connectivity index (χ3v) is 6.56. The number of benzene rings is 2. The van der Waals surface area contributed by atoms with Crippen molar-refractivity contribution in [2.45, 2.75) is 23.1 Å². The molecule has 3 aromatic rings. The molecule has 0 fully saturated rings. The number of Topliss-reactive ketones (excluding diaryl/α,β-unsaturated/α-hetero) is 1. The molecule has 1 aliphatic rings. The number of aliphatic imine (C=N–C) groups is 1. The van der Waals surface area contributed by atoms with Crippen LogP contribution in [0.4, 0.5) is 5.69 Å². The Morgan fingerprint density at radius 3 is 2.59 bits per heavy atom.